The highest BCUT2D eigenvalue weighted by Crippen LogP contribution is 2.32. The highest BCUT2D eigenvalue weighted by molar-refractivity contribution is 5.94. The van der Waals surface area contributed by atoms with Crippen molar-refractivity contribution in [3.8, 4) is 11.5 Å². The standard InChI is InChI=1S/C14H18N2O5/c1-19-7-4-13(17)15-5-6-16-14(18)10-2-3-11-12(8-10)21-9-20-11/h2-3,8H,4-7,9H2,1H3,(H,15,17)(H,16,18). The second kappa shape index (κ2) is 7.49. The second-order valence-corrected chi connectivity index (χ2v) is 4.42. The van der Waals surface area contributed by atoms with E-state index in [4.69, 9.17) is 14.2 Å². The molecule has 1 heterocycles. The molecule has 7 nitrogen and oxygen atoms in total. The lowest BCUT2D eigenvalue weighted by Gasteiger charge is -2.07. The van der Waals surface area contributed by atoms with Gasteiger partial charge in [-0.3, -0.25) is 9.59 Å². The lowest BCUT2D eigenvalue weighted by atomic mass is 10.2. The summed E-state index contributed by atoms with van der Waals surface area (Å²) >= 11 is 0. The van der Waals surface area contributed by atoms with Gasteiger partial charge in [-0.25, -0.2) is 0 Å². The minimum absolute atomic E-state index is 0.103. The van der Waals surface area contributed by atoms with Crippen molar-refractivity contribution in [2.24, 2.45) is 0 Å². The van der Waals surface area contributed by atoms with Crippen LogP contribution in [0.25, 0.3) is 0 Å². The van der Waals surface area contributed by atoms with Gasteiger partial charge in [-0.15, -0.1) is 0 Å². The van der Waals surface area contributed by atoms with Gasteiger partial charge < -0.3 is 24.8 Å². The maximum atomic E-state index is 11.9. The van der Waals surface area contributed by atoms with E-state index in [0.29, 0.717) is 43.2 Å². The van der Waals surface area contributed by atoms with E-state index in [2.05, 4.69) is 10.6 Å². The number of rotatable bonds is 7. The third-order valence-corrected chi connectivity index (χ3v) is 2.90. The average molecular weight is 294 g/mol. The SMILES string of the molecule is COCCC(=O)NCCNC(=O)c1ccc2c(c1)OCO2. The minimum Gasteiger partial charge on any atom is -0.454 e. The fourth-order valence-electron chi connectivity index (χ4n) is 1.80. The van der Waals surface area contributed by atoms with E-state index >= 15 is 0 Å². The number of nitrogens with one attached hydrogen (secondary N) is 2. The fraction of sp³-hybridized carbons (Fsp3) is 0.429. The number of hydrogen-bond acceptors (Lipinski definition) is 5. The molecular weight excluding hydrogens is 276 g/mol. The molecule has 1 aromatic carbocycles. The van der Waals surface area contributed by atoms with Crippen LogP contribution in [-0.4, -0.2) is 45.4 Å². The molecule has 0 spiro atoms. The average Bonchev–Trinajstić information content (AvgIpc) is 2.96. The molecule has 2 amide bonds. The van der Waals surface area contributed by atoms with Crippen LogP contribution >= 0.6 is 0 Å². The fourth-order valence-corrected chi connectivity index (χ4v) is 1.80. The highest BCUT2D eigenvalue weighted by atomic mass is 16.7. The molecule has 0 bridgehead atoms. The van der Waals surface area contributed by atoms with Crippen LogP contribution in [0.5, 0.6) is 11.5 Å². The van der Waals surface area contributed by atoms with Crippen LogP contribution in [0.2, 0.25) is 0 Å². The predicted molar refractivity (Wildman–Crippen MR) is 74.4 cm³/mol. The summed E-state index contributed by atoms with van der Waals surface area (Å²) in [5, 5.41) is 5.41. The Kier molecular flexibility index (Phi) is 5.39. The lowest BCUT2D eigenvalue weighted by Crippen LogP contribution is -2.34. The number of fused-ring (bicyclic) bond motifs is 1. The van der Waals surface area contributed by atoms with Gasteiger partial charge in [-0.05, 0) is 18.2 Å². The van der Waals surface area contributed by atoms with Crippen molar-refractivity contribution in [1.82, 2.24) is 10.6 Å². The second-order valence-electron chi connectivity index (χ2n) is 4.42. The largest absolute Gasteiger partial charge is 0.454 e. The summed E-state index contributed by atoms with van der Waals surface area (Å²) in [4.78, 5) is 23.2. The van der Waals surface area contributed by atoms with Crippen molar-refractivity contribution in [2.75, 3.05) is 33.6 Å². The lowest BCUT2D eigenvalue weighted by molar-refractivity contribution is -0.121. The minimum atomic E-state index is -0.223. The van der Waals surface area contributed by atoms with Crippen LogP contribution in [0.4, 0.5) is 0 Å². The van der Waals surface area contributed by atoms with E-state index in [1.165, 1.54) is 0 Å². The molecule has 0 saturated carbocycles. The Morgan fingerprint density at radius 3 is 2.76 bits per heavy atom. The molecule has 21 heavy (non-hydrogen) atoms. The number of methoxy groups -OCH3 is 1. The van der Waals surface area contributed by atoms with E-state index in [-0.39, 0.29) is 18.6 Å². The molecule has 0 fully saturated rings. The molecule has 1 aromatic rings. The molecule has 0 radical (unpaired) electrons. The number of ether oxygens (including phenoxy) is 3. The first-order chi connectivity index (χ1) is 10.2. The Balaban J connectivity index is 1.71. The molecule has 0 aliphatic carbocycles. The summed E-state index contributed by atoms with van der Waals surface area (Å²) in [6, 6.07) is 5.00. The topological polar surface area (TPSA) is 85.9 Å². The first-order valence-electron chi connectivity index (χ1n) is 6.64. The molecule has 1 aliphatic rings. The van der Waals surface area contributed by atoms with Gasteiger partial charge in [0.1, 0.15) is 0 Å². The van der Waals surface area contributed by atoms with Crippen molar-refractivity contribution < 1.29 is 23.8 Å². The normalized spacial score (nSPS) is 12.0. The van der Waals surface area contributed by atoms with E-state index in [1.54, 1.807) is 25.3 Å². The molecule has 2 N–H and O–H groups in total. The van der Waals surface area contributed by atoms with Gasteiger partial charge >= 0.3 is 0 Å². The van der Waals surface area contributed by atoms with Crippen LogP contribution in [-0.2, 0) is 9.53 Å². The first kappa shape index (κ1) is 15.1. The molecule has 1 aliphatic heterocycles. The quantitative estimate of drug-likeness (QED) is 0.706. The summed E-state index contributed by atoms with van der Waals surface area (Å²) in [6.07, 6.45) is 0.312. The van der Waals surface area contributed by atoms with Gasteiger partial charge in [-0.2, -0.15) is 0 Å². The Morgan fingerprint density at radius 1 is 1.19 bits per heavy atom. The number of amides is 2. The molecular formula is C14H18N2O5. The van der Waals surface area contributed by atoms with Crippen LogP contribution in [0, 0.1) is 0 Å². The van der Waals surface area contributed by atoms with Crippen molar-refractivity contribution in [1.29, 1.82) is 0 Å². The predicted octanol–water partition coefficient (Wildman–Crippen LogP) is 0.298. The van der Waals surface area contributed by atoms with E-state index < -0.39 is 0 Å². The third kappa shape index (κ3) is 4.35. The Hall–Kier alpha value is -2.28. The Bertz CT molecular complexity index is 518. The molecule has 114 valence electrons. The number of carbonyl (C=O) groups excluding carboxylic acids is 2. The molecule has 0 unspecified atom stereocenters. The van der Waals surface area contributed by atoms with Crippen LogP contribution < -0.4 is 20.1 Å². The van der Waals surface area contributed by atoms with Gasteiger partial charge in [0.05, 0.1) is 6.61 Å². The molecule has 0 aromatic heterocycles. The van der Waals surface area contributed by atoms with Gasteiger partial charge in [-0.1, -0.05) is 0 Å². The zero-order chi connectivity index (χ0) is 15.1. The molecule has 0 saturated heterocycles. The van der Waals surface area contributed by atoms with Crippen LogP contribution in [0.15, 0.2) is 18.2 Å². The van der Waals surface area contributed by atoms with Gasteiger partial charge in [0.2, 0.25) is 12.7 Å². The smallest absolute Gasteiger partial charge is 0.251 e. The van der Waals surface area contributed by atoms with Gasteiger partial charge in [0, 0.05) is 32.2 Å². The van der Waals surface area contributed by atoms with Crippen molar-refractivity contribution in [2.45, 2.75) is 6.42 Å². The van der Waals surface area contributed by atoms with Crippen molar-refractivity contribution in [3.05, 3.63) is 23.8 Å². The van der Waals surface area contributed by atoms with Crippen LogP contribution in [0.1, 0.15) is 16.8 Å². The van der Waals surface area contributed by atoms with E-state index in [0.717, 1.165) is 0 Å². The van der Waals surface area contributed by atoms with Crippen molar-refractivity contribution in [3.63, 3.8) is 0 Å². The number of benzene rings is 1. The summed E-state index contributed by atoms with van der Waals surface area (Å²) in [5.41, 5.74) is 0.491. The third-order valence-electron chi connectivity index (χ3n) is 2.90. The summed E-state index contributed by atoms with van der Waals surface area (Å²) in [7, 11) is 1.54. The van der Waals surface area contributed by atoms with E-state index in [1.807, 2.05) is 0 Å². The van der Waals surface area contributed by atoms with Crippen molar-refractivity contribution >= 4 is 11.8 Å². The van der Waals surface area contributed by atoms with Crippen LogP contribution in [0.3, 0.4) is 0 Å². The summed E-state index contributed by atoms with van der Waals surface area (Å²) in [5.74, 6) is 0.876. The van der Waals surface area contributed by atoms with Gasteiger partial charge in [0.25, 0.3) is 5.91 Å². The number of carbonyl (C=O) groups is 2. The number of hydrogen-bond donors (Lipinski definition) is 2. The Labute approximate surface area is 122 Å². The molecule has 0 atom stereocenters. The molecule has 2 rings (SSSR count). The summed E-state index contributed by atoms with van der Waals surface area (Å²) in [6.45, 7) is 1.29. The maximum absolute atomic E-state index is 11.9. The van der Waals surface area contributed by atoms with Gasteiger partial charge in [0.15, 0.2) is 11.5 Å². The zero-order valence-corrected chi connectivity index (χ0v) is 11.8. The zero-order valence-electron chi connectivity index (χ0n) is 11.8. The highest BCUT2D eigenvalue weighted by Gasteiger charge is 2.15. The van der Waals surface area contributed by atoms with E-state index in [9.17, 15) is 9.59 Å². The first-order valence-corrected chi connectivity index (χ1v) is 6.64. The molecule has 7 heteroatoms. The summed E-state index contributed by atoms with van der Waals surface area (Å²) < 4.78 is 15.2. The Morgan fingerprint density at radius 2 is 1.95 bits per heavy atom. The monoisotopic (exact) mass is 294 g/mol. The maximum Gasteiger partial charge on any atom is 0.251 e.